The van der Waals surface area contributed by atoms with Crippen molar-refractivity contribution in [3.05, 3.63) is 35.4 Å². The van der Waals surface area contributed by atoms with Gasteiger partial charge in [-0.3, -0.25) is 0 Å². The second-order valence-corrected chi connectivity index (χ2v) is 6.93. The van der Waals surface area contributed by atoms with Crippen LogP contribution in [0.5, 0.6) is 0 Å². The number of benzene rings is 1. The Bertz CT molecular complexity index is 551. The van der Waals surface area contributed by atoms with Crippen molar-refractivity contribution in [2.45, 2.75) is 26.8 Å². The zero-order valence-electron chi connectivity index (χ0n) is 11.7. The monoisotopic (exact) mass is 299 g/mol. The largest absolute Gasteiger partial charge is 0.409 e. The summed E-state index contributed by atoms with van der Waals surface area (Å²) in [6, 6.07) is 6.82. The van der Waals surface area contributed by atoms with Gasteiger partial charge in [0.05, 0.1) is 5.75 Å². The van der Waals surface area contributed by atoms with Crippen LogP contribution in [0.1, 0.15) is 31.4 Å². The minimum Gasteiger partial charge on any atom is -0.409 e. The summed E-state index contributed by atoms with van der Waals surface area (Å²) in [6.45, 7) is 4.21. The van der Waals surface area contributed by atoms with Gasteiger partial charge < -0.3 is 10.9 Å². The van der Waals surface area contributed by atoms with Crippen molar-refractivity contribution in [2.24, 2.45) is 16.8 Å². The van der Waals surface area contributed by atoms with Gasteiger partial charge in [-0.15, -0.1) is 0 Å². The van der Waals surface area contributed by atoms with Crippen LogP contribution < -0.4 is 10.5 Å². The summed E-state index contributed by atoms with van der Waals surface area (Å²) in [5, 5.41) is 11.4. The second-order valence-electron chi connectivity index (χ2n) is 5.00. The Hall–Kier alpha value is -1.60. The molecular weight excluding hydrogens is 278 g/mol. The van der Waals surface area contributed by atoms with Gasteiger partial charge in [-0.1, -0.05) is 43.3 Å². The van der Waals surface area contributed by atoms with E-state index in [-0.39, 0.29) is 18.1 Å². The van der Waals surface area contributed by atoms with Gasteiger partial charge in [0.1, 0.15) is 0 Å². The number of nitrogens with one attached hydrogen (secondary N) is 1. The Morgan fingerprint density at radius 2 is 1.95 bits per heavy atom. The molecule has 0 radical (unpaired) electrons. The van der Waals surface area contributed by atoms with Gasteiger partial charge >= 0.3 is 0 Å². The smallest absolute Gasteiger partial charge is 0.211 e. The molecule has 0 heterocycles. The number of oxime groups is 1. The molecule has 0 aliphatic rings. The Labute approximate surface area is 119 Å². The number of nitrogens with two attached hydrogens (primary N) is 1. The predicted octanol–water partition coefficient (Wildman–Crippen LogP) is 1.25. The van der Waals surface area contributed by atoms with Crippen LogP contribution in [-0.2, 0) is 16.6 Å². The molecule has 0 atom stereocenters. The minimum atomic E-state index is -3.24. The average Bonchev–Trinajstić information content (AvgIpc) is 2.43. The molecule has 4 N–H and O–H groups in total. The van der Waals surface area contributed by atoms with Crippen LogP contribution in [0.15, 0.2) is 29.4 Å². The Balaban J connectivity index is 2.58. The third kappa shape index (κ3) is 5.58. The molecule has 0 spiro atoms. The van der Waals surface area contributed by atoms with E-state index in [1.807, 2.05) is 13.8 Å². The van der Waals surface area contributed by atoms with Crippen molar-refractivity contribution >= 4 is 15.9 Å². The molecule has 0 amide bonds. The Morgan fingerprint density at radius 1 is 1.35 bits per heavy atom. The van der Waals surface area contributed by atoms with E-state index < -0.39 is 10.0 Å². The first kappa shape index (κ1) is 16.5. The first-order valence-corrected chi connectivity index (χ1v) is 8.03. The maximum atomic E-state index is 11.7. The van der Waals surface area contributed by atoms with Crippen molar-refractivity contribution in [2.75, 3.05) is 5.75 Å². The summed E-state index contributed by atoms with van der Waals surface area (Å²) < 4.78 is 26.0. The molecule has 0 fully saturated rings. The van der Waals surface area contributed by atoms with Crippen LogP contribution in [0.4, 0.5) is 0 Å². The van der Waals surface area contributed by atoms with E-state index in [2.05, 4.69) is 9.88 Å². The summed E-state index contributed by atoms with van der Waals surface area (Å²) >= 11 is 0. The van der Waals surface area contributed by atoms with E-state index in [1.54, 1.807) is 24.3 Å². The Kier molecular flexibility index (Phi) is 5.97. The highest BCUT2D eigenvalue weighted by Gasteiger charge is 2.10. The lowest BCUT2D eigenvalue weighted by atomic mass is 10.1. The lowest BCUT2D eigenvalue weighted by Gasteiger charge is -2.08. The number of nitrogens with zero attached hydrogens (tertiary/aromatic N) is 1. The van der Waals surface area contributed by atoms with E-state index in [4.69, 9.17) is 10.9 Å². The Morgan fingerprint density at radius 3 is 2.45 bits per heavy atom. The van der Waals surface area contributed by atoms with Gasteiger partial charge in [-0.25, -0.2) is 13.1 Å². The topological polar surface area (TPSA) is 105 Å². The van der Waals surface area contributed by atoms with Crippen LogP contribution in [-0.4, -0.2) is 25.2 Å². The first-order valence-electron chi connectivity index (χ1n) is 6.38. The molecule has 112 valence electrons. The molecule has 0 aliphatic heterocycles. The summed E-state index contributed by atoms with van der Waals surface area (Å²) in [4.78, 5) is 0. The number of sulfonamides is 1. The van der Waals surface area contributed by atoms with Gasteiger partial charge in [-0.05, 0) is 17.9 Å². The van der Waals surface area contributed by atoms with Gasteiger partial charge in [-0.2, -0.15) is 0 Å². The summed E-state index contributed by atoms with van der Waals surface area (Å²) in [7, 11) is -3.24. The van der Waals surface area contributed by atoms with Crippen LogP contribution >= 0.6 is 0 Å². The summed E-state index contributed by atoms with van der Waals surface area (Å²) in [5.74, 6) is 0.507. The summed E-state index contributed by atoms with van der Waals surface area (Å²) in [6.07, 6.45) is 0.637. The van der Waals surface area contributed by atoms with Gasteiger partial charge in [0, 0.05) is 12.1 Å². The zero-order valence-corrected chi connectivity index (χ0v) is 12.5. The maximum Gasteiger partial charge on any atom is 0.211 e. The van der Waals surface area contributed by atoms with Crippen molar-refractivity contribution in [3.8, 4) is 0 Å². The van der Waals surface area contributed by atoms with Crippen molar-refractivity contribution in [3.63, 3.8) is 0 Å². The third-order valence-electron chi connectivity index (χ3n) is 2.82. The van der Waals surface area contributed by atoms with Crippen molar-refractivity contribution in [1.29, 1.82) is 0 Å². The highest BCUT2D eigenvalue weighted by Crippen LogP contribution is 2.06. The van der Waals surface area contributed by atoms with E-state index in [1.165, 1.54) is 0 Å². The molecule has 0 saturated heterocycles. The maximum absolute atomic E-state index is 11.7. The average molecular weight is 299 g/mol. The van der Waals surface area contributed by atoms with Crippen molar-refractivity contribution in [1.82, 2.24) is 4.72 Å². The second kappa shape index (κ2) is 7.25. The highest BCUT2D eigenvalue weighted by molar-refractivity contribution is 7.89. The van der Waals surface area contributed by atoms with Gasteiger partial charge in [0.25, 0.3) is 0 Å². The third-order valence-corrected chi connectivity index (χ3v) is 4.17. The molecule has 7 heteroatoms. The standard InChI is InChI=1S/C13H21N3O3S/c1-10(2)7-8-20(18,19)15-9-11-3-5-12(6-4-11)13(14)16-17/h3-6,10,15,17H,7-9H2,1-2H3,(H2,14,16). The van der Waals surface area contributed by atoms with Crippen LogP contribution in [0.2, 0.25) is 0 Å². The fourth-order valence-electron chi connectivity index (χ4n) is 1.51. The molecule has 0 saturated carbocycles. The highest BCUT2D eigenvalue weighted by atomic mass is 32.2. The fraction of sp³-hybridized carbons (Fsp3) is 0.462. The molecule has 1 aromatic carbocycles. The fourth-order valence-corrected chi connectivity index (χ4v) is 2.82. The molecule has 0 aromatic heterocycles. The normalized spacial score (nSPS) is 12.8. The molecule has 0 bridgehead atoms. The number of hydrogen-bond donors (Lipinski definition) is 3. The van der Waals surface area contributed by atoms with E-state index in [9.17, 15) is 8.42 Å². The molecule has 20 heavy (non-hydrogen) atoms. The lowest BCUT2D eigenvalue weighted by molar-refractivity contribution is 0.318. The van der Waals surface area contributed by atoms with Crippen LogP contribution in [0, 0.1) is 5.92 Å². The minimum absolute atomic E-state index is 0.0223. The molecule has 1 rings (SSSR count). The van der Waals surface area contributed by atoms with Crippen molar-refractivity contribution < 1.29 is 13.6 Å². The molecule has 0 aliphatic carbocycles. The number of rotatable bonds is 7. The number of hydrogen-bond acceptors (Lipinski definition) is 4. The zero-order chi connectivity index (χ0) is 15.2. The quantitative estimate of drug-likeness (QED) is 0.305. The van der Waals surface area contributed by atoms with Gasteiger partial charge in [0.2, 0.25) is 10.0 Å². The van der Waals surface area contributed by atoms with Crippen LogP contribution in [0.25, 0.3) is 0 Å². The van der Waals surface area contributed by atoms with Gasteiger partial charge in [0.15, 0.2) is 5.84 Å². The van der Waals surface area contributed by atoms with Crippen LogP contribution in [0.3, 0.4) is 0 Å². The van der Waals surface area contributed by atoms with E-state index in [0.717, 1.165) is 5.56 Å². The summed E-state index contributed by atoms with van der Waals surface area (Å²) in [5.41, 5.74) is 6.84. The lowest BCUT2D eigenvalue weighted by Crippen LogP contribution is -2.26. The molecule has 1 aromatic rings. The molecule has 0 unspecified atom stereocenters. The first-order chi connectivity index (χ1) is 9.34. The van der Waals surface area contributed by atoms with E-state index >= 15 is 0 Å². The molecular formula is C13H21N3O3S. The SMILES string of the molecule is CC(C)CCS(=O)(=O)NCc1ccc(C(N)=NO)cc1. The number of amidine groups is 1. The predicted molar refractivity (Wildman–Crippen MR) is 79.0 cm³/mol. The molecule has 6 nitrogen and oxygen atoms in total. The van der Waals surface area contributed by atoms with E-state index in [0.29, 0.717) is 17.9 Å².